The van der Waals surface area contributed by atoms with Gasteiger partial charge in [-0.1, -0.05) is 18.4 Å². The average Bonchev–Trinajstić information content (AvgIpc) is 2.93. The van der Waals surface area contributed by atoms with Gasteiger partial charge in [0.2, 0.25) is 5.89 Å². The maximum absolute atomic E-state index is 5.78. The molecule has 0 aliphatic carbocycles. The van der Waals surface area contributed by atoms with E-state index in [1.54, 1.807) is 7.11 Å². The lowest BCUT2D eigenvalue weighted by atomic mass is 9.99. The molecule has 0 aromatic carbocycles. The molecule has 1 fully saturated rings. The van der Waals surface area contributed by atoms with Gasteiger partial charge in [0, 0.05) is 26.2 Å². The van der Waals surface area contributed by atoms with Crippen molar-refractivity contribution >= 4 is 6.01 Å². The minimum Gasteiger partial charge on any atom is -0.407 e. The summed E-state index contributed by atoms with van der Waals surface area (Å²) < 4.78 is 10.8. The van der Waals surface area contributed by atoms with Crippen molar-refractivity contribution in [1.82, 2.24) is 15.5 Å². The van der Waals surface area contributed by atoms with Gasteiger partial charge in [-0.2, -0.15) is 0 Å². The summed E-state index contributed by atoms with van der Waals surface area (Å²) in [6.07, 6.45) is 6.15. The monoisotopic (exact) mass is 282 g/mol. The number of methoxy groups -OCH3 is 1. The molecule has 1 N–H and O–H groups in total. The third kappa shape index (κ3) is 4.18. The van der Waals surface area contributed by atoms with Crippen molar-refractivity contribution in [3.8, 4) is 0 Å². The first-order valence-corrected chi connectivity index (χ1v) is 7.63. The Kier molecular flexibility index (Phi) is 6.26. The predicted molar refractivity (Wildman–Crippen MR) is 77.8 cm³/mol. The number of nitrogens with zero attached hydrogens (tertiary/aromatic N) is 3. The third-order valence-electron chi connectivity index (χ3n) is 3.71. The molecule has 1 aliphatic heterocycles. The Balaban J connectivity index is 1.89. The summed E-state index contributed by atoms with van der Waals surface area (Å²) in [6.45, 7) is 5.33. The summed E-state index contributed by atoms with van der Waals surface area (Å²) in [7, 11) is 1.69. The molecule has 1 atom stereocenters. The molecular formula is C14H26N4O2. The zero-order valence-corrected chi connectivity index (χ0v) is 12.6. The normalized spacial score (nSPS) is 19.5. The Hall–Kier alpha value is -1.14. The van der Waals surface area contributed by atoms with Crippen LogP contribution in [-0.2, 0) is 11.3 Å². The molecule has 2 rings (SSSR count). The molecule has 20 heavy (non-hydrogen) atoms. The van der Waals surface area contributed by atoms with Gasteiger partial charge in [-0.05, 0) is 25.7 Å². The lowest BCUT2D eigenvalue weighted by molar-refractivity contribution is 0.198. The van der Waals surface area contributed by atoms with Crippen LogP contribution in [0.5, 0.6) is 0 Å². The summed E-state index contributed by atoms with van der Waals surface area (Å²) in [5.41, 5.74) is 0. The summed E-state index contributed by atoms with van der Waals surface area (Å²) in [4.78, 5) is 2.29. The van der Waals surface area contributed by atoms with Gasteiger partial charge in [-0.15, -0.1) is 5.10 Å². The quantitative estimate of drug-likeness (QED) is 0.735. The zero-order chi connectivity index (χ0) is 14.2. The fourth-order valence-electron chi connectivity index (χ4n) is 2.69. The van der Waals surface area contributed by atoms with Crippen LogP contribution in [0.3, 0.4) is 0 Å². The summed E-state index contributed by atoms with van der Waals surface area (Å²) in [5.74, 6) is 0.650. The number of hydrogen-bond acceptors (Lipinski definition) is 6. The van der Waals surface area contributed by atoms with E-state index in [-0.39, 0.29) is 0 Å². The average molecular weight is 282 g/mol. The van der Waals surface area contributed by atoms with E-state index in [2.05, 4.69) is 27.3 Å². The minimum absolute atomic E-state index is 0.559. The maximum Gasteiger partial charge on any atom is 0.318 e. The van der Waals surface area contributed by atoms with E-state index in [0.29, 0.717) is 31.1 Å². The highest BCUT2D eigenvalue weighted by Gasteiger charge is 2.25. The SMILES string of the molecule is CCCC1CCCCN1c1nnc(CNCCOC)o1. The molecule has 1 saturated heterocycles. The second kappa shape index (κ2) is 8.21. The maximum atomic E-state index is 5.78. The molecule has 0 radical (unpaired) electrons. The Morgan fingerprint density at radius 1 is 1.40 bits per heavy atom. The van der Waals surface area contributed by atoms with Gasteiger partial charge in [0.15, 0.2) is 0 Å². The van der Waals surface area contributed by atoms with Crippen LogP contribution >= 0.6 is 0 Å². The number of anilines is 1. The Labute approximate surface area is 120 Å². The van der Waals surface area contributed by atoms with E-state index in [9.17, 15) is 0 Å². The third-order valence-corrected chi connectivity index (χ3v) is 3.71. The Morgan fingerprint density at radius 3 is 3.10 bits per heavy atom. The van der Waals surface area contributed by atoms with Crippen molar-refractivity contribution in [2.24, 2.45) is 0 Å². The van der Waals surface area contributed by atoms with E-state index in [4.69, 9.17) is 9.15 Å². The van der Waals surface area contributed by atoms with Crippen LogP contribution < -0.4 is 10.2 Å². The van der Waals surface area contributed by atoms with Gasteiger partial charge in [-0.25, -0.2) is 0 Å². The van der Waals surface area contributed by atoms with E-state index in [1.807, 2.05) is 0 Å². The molecule has 0 spiro atoms. The number of ether oxygens (including phenoxy) is 1. The van der Waals surface area contributed by atoms with E-state index < -0.39 is 0 Å². The number of rotatable bonds is 8. The van der Waals surface area contributed by atoms with E-state index >= 15 is 0 Å². The van der Waals surface area contributed by atoms with Gasteiger partial charge in [0.05, 0.1) is 13.2 Å². The molecule has 1 aromatic rings. The van der Waals surface area contributed by atoms with Crippen LogP contribution in [0.1, 0.15) is 44.9 Å². The summed E-state index contributed by atoms with van der Waals surface area (Å²) >= 11 is 0. The minimum atomic E-state index is 0.559. The highest BCUT2D eigenvalue weighted by molar-refractivity contribution is 5.27. The van der Waals surface area contributed by atoms with Crippen LogP contribution in [0, 0.1) is 0 Å². The molecule has 1 aliphatic rings. The first-order chi connectivity index (χ1) is 9.85. The number of aromatic nitrogens is 2. The van der Waals surface area contributed by atoms with Crippen molar-refractivity contribution in [3.63, 3.8) is 0 Å². The molecule has 0 amide bonds. The van der Waals surface area contributed by atoms with Crippen LogP contribution in [0.15, 0.2) is 4.42 Å². The molecule has 1 aromatic heterocycles. The van der Waals surface area contributed by atoms with Crippen LogP contribution in [0.4, 0.5) is 6.01 Å². The largest absolute Gasteiger partial charge is 0.407 e. The fourth-order valence-corrected chi connectivity index (χ4v) is 2.69. The van der Waals surface area contributed by atoms with Crippen molar-refractivity contribution in [2.75, 3.05) is 31.7 Å². The van der Waals surface area contributed by atoms with Gasteiger partial charge in [0.1, 0.15) is 0 Å². The van der Waals surface area contributed by atoms with Gasteiger partial charge in [-0.3, -0.25) is 0 Å². The molecule has 114 valence electrons. The number of nitrogens with one attached hydrogen (secondary N) is 1. The van der Waals surface area contributed by atoms with Crippen LogP contribution in [0.25, 0.3) is 0 Å². The van der Waals surface area contributed by atoms with E-state index in [1.165, 1.54) is 32.1 Å². The topological polar surface area (TPSA) is 63.4 Å². The van der Waals surface area contributed by atoms with Crippen LogP contribution in [-0.4, -0.2) is 43.0 Å². The number of hydrogen-bond donors (Lipinski definition) is 1. The first kappa shape index (κ1) is 15.3. The van der Waals surface area contributed by atoms with Crippen molar-refractivity contribution in [2.45, 2.75) is 51.6 Å². The Morgan fingerprint density at radius 2 is 2.30 bits per heavy atom. The summed E-state index contributed by atoms with van der Waals surface area (Å²) in [6, 6.07) is 1.25. The molecule has 6 heteroatoms. The zero-order valence-electron chi connectivity index (χ0n) is 12.6. The van der Waals surface area contributed by atoms with Crippen molar-refractivity contribution in [1.29, 1.82) is 0 Å². The Bertz CT molecular complexity index is 381. The highest BCUT2D eigenvalue weighted by Crippen LogP contribution is 2.26. The lowest BCUT2D eigenvalue weighted by Crippen LogP contribution is -2.39. The first-order valence-electron chi connectivity index (χ1n) is 7.63. The number of piperidine rings is 1. The van der Waals surface area contributed by atoms with Gasteiger partial charge < -0.3 is 19.4 Å². The molecular weight excluding hydrogens is 256 g/mol. The fraction of sp³-hybridized carbons (Fsp3) is 0.857. The molecule has 2 heterocycles. The summed E-state index contributed by atoms with van der Waals surface area (Å²) in [5, 5.41) is 11.5. The van der Waals surface area contributed by atoms with Crippen molar-refractivity contribution in [3.05, 3.63) is 5.89 Å². The highest BCUT2D eigenvalue weighted by atomic mass is 16.5. The predicted octanol–water partition coefficient (Wildman–Crippen LogP) is 1.96. The molecule has 1 unspecified atom stereocenters. The lowest BCUT2D eigenvalue weighted by Gasteiger charge is -2.34. The molecule has 0 bridgehead atoms. The molecule has 0 saturated carbocycles. The van der Waals surface area contributed by atoms with Crippen LogP contribution in [0.2, 0.25) is 0 Å². The molecule has 6 nitrogen and oxygen atoms in total. The second-order valence-electron chi connectivity index (χ2n) is 5.28. The van der Waals surface area contributed by atoms with Gasteiger partial charge >= 0.3 is 6.01 Å². The smallest absolute Gasteiger partial charge is 0.318 e. The van der Waals surface area contributed by atoms with Gasteiger partial charge in [0.25, 0.3) is 0 Å². The second-order valence-corrected chi connectivity index (χ2v) is 5.28. The standard InChI is InChI=1S/C14H26N4O2/c1-3-6-12-7-4-5-9-18(12)14-17-16-13(20-14)11-15-8-10-19-2/h12,15H,3-11H2,1-2H3. The van der Waals surface area contributed by atoms with E-state index in [0.717, 1.165) is 13.1 Å². The van der Waals surface area contributed by atoms with Crippen molar-refractivity contribution < 1.29 is 9.15 Å².